The van der Waals surface area contributed by atoms with E-state index in [9.17, 15) is 9.18 Å². The molecule has 0 atom stereocenters. The molecule has 7 heteroatoms. The Morgan fingerprint density at radius 2 is 1.77 bits per heavy atom. The van der Waals surface area contributed by atoms with Gasteiger partial charge in [0.2, 0.25) is 0 Å². The summed E-state index contributed by atoms with van der Waals surface area (Å²) in [4.78, 5) is 19.1. The normalized spacial score (nSPS) is 14.5. The van der Waals surface area contributed by atoms with Crippen LogP contribution in [0.3, 0.4) is 0 Å². The molecule has 1 aliphatic heterocycles. The fraction of sp³-hybridized carbons (Fsp3) is 0.458. The van der Waals surface area contributed by atoms with Gasteiger partial charge in [-0.2, -0.15) is 0 Å². The number of nitrogens with one attached hydrogen (secondary N) is 1. The first kappa shape index (κ1) is 22.9. The monoisotopic (exact) mass is 428 g/mol. The molecule has 6 nitrogen and oxygen atoms in total. The SMILES string of the molecule is COc1ccc(N2CCC(NC(=O)N(CCN(C)C)Cc3ccccc3F)CC2)cc1. The highest BCUT2D eigenvalue weighted by Crippen LogP contribution is 2.23. The Morgan fingerprint density at radius 3 is 2.39 bits per heavy atom. The number of carbonyl (C=O) groups excluding carboxylic acids is 1. The highest BCUT2D eigenvalue weighted by Gasteiger charge is 2.24. The molecular formula is C24H33FN4O2. The van der Waals surface area contributed by atoms with Gasteiger partial charge in [-0.1, -0.05) is 18.2 Å². The van der Waals surface area contributed by atoms with Crippen molar-refractivity contribution in [3.8, 4) is 5.75 Å². The Labute approximate surface area is 184 Å². The van der Waals surface area contributed by atoms with Crippen LogP contribution in [0.1, 0.15) is 18.4 Å². The molecule has 31 heavy (non-hydrogen) atoms. The van der Waals surface area contributed by atoms with Crippen LogP contribution in [-0.4, -0.2) is 69.3 Å². The molecule has 2 aromatic rings. The van der Waals surface area contributed by atoms with Crippen molar-refractivity contribution in [3.05, 3.63) is 59.9 Å². The molecule has 1 aliphatic rings. The molecule has 2 amide bonds. The standard InChI is InChI=1S/C24H33FN4O2/c1-27(2)16-17-29(18-19-6-4-5-7-23(19)25)24(30)26-20-12-14-28(15-13-20)21-8-10-22(31-3)11-9-21/h4-11,20H,12-18H2,1-3H3,(H,26,30). The zero-order chi connectivity index (χ0) is 22.2. The summed E-state index contributed by atoms with van der Waals surface area (Å²) in [6.45, 7) is 3.28. The minimum absolute atomic E-state index is 0.115. The van der Waals surface area contributed by atoms with Crippen LogP contribution in [0.25, 0.3) is 0 Å². The molecule has 1 heterocycles. The topological polar surface area (TPSA) is 48.1 Å². The first-order valence-corrected chi connectivity index (χ1v) is 10.8. The Morgan fingerprint density at radius 1 is 1.10 bits per heavy atom. The number of nitrogens with zero attached hydrogens (tertiary/aromatic N) is 3. The summed E-state index contributed by atoms with van der Waals surface area (Å²) < 4.78 is 19.4. The summed E-state index contributed by atoms with van der Waals surface area (Å²) in [5.41, 5.74) is 1.70. The van der Waals surface area contributed by atoms with E-state index in [0.717, 1.165) is 43.9 Å². The molecule has 1 N–H and O–H groups in total. The summed E-state index contributed by atoms with van der Waals surface area (Å²) in [6.07, 6.45) is 1.75. The molecule has 0 saturated carbocycles. The summed E-state index contributed by atoms with van der Waals surface area (Å²) in [5.74, 6) is 0.566. The van der Waals surface area contributed by atoms with E-state index in [4.69, 9.17) is 4.74 Å². The fourth-order valence-corrected chi connectivity index (χ4v) is 3.75. The summed E-state index contributed by atoms with van der Waals surface area (Å²) in [5, 5.41) is 3.17. The van der Waals surface area contributed by atoms with Crippen molar-refractivity contribution in [3.63, 3.8) is 0 Å². The maximum absolute atomic E-state index is 14.1. The number of urea groups is 1. The summed E-state index contributed by atoms with van der Waals surface area (Å²) in [7, 11) is 5.60. The van der Waals surface area contributed by atoms with Gasteiger partial charge in [0.05, 0.1) is 13.7 Å². The predicted molar refractivity (Wildman–Crippen MR) is 122 cm³/mol. The van der Waals surface area contributed by atoms with Gasteiger partial charge >= 0.3 is 6.03 Å². The van der Waals surface area contributed by atoms with Crippen molar-refractivity contribution in [1.29, 1.82) is 0 Å². The van der Waals surface area contributed by atoms with Gasteiger partial charge in [-0.05, 0) is 57.3 Å². The van der Waals surface area contributed by atoms with Gasteiger partial charge in [0.25, 0.3) is 0 Å². The number of likely N-dealkylation sites (N-methyl/N-ethyl adjacent to an activating group) is 1. The van der Waals surface area contributed by atoms with Crippen LogP contribution in [0.5, 0.6) is 5.75 Å². The van der Waals surface area contributed by atoms with E-state index in [-0.39, 0.29) is 24.4 Å². The number of rotatable bonds is 8. The van der Waals surface area contributed by atoms with E-state index in [1.165, 1.54) is 6.07 Å². The zero-order valence-corrected chi connectivity index (χ0v) is 18.7. The Bertz CT molecular complexity index is 836. The number of ether oxygens (including phenoxy) is 1. The molecule has 168 valence electrons. The number of amides is 2. The molecule has 1 fully saturated rings. The van der Waals surface area contributed by atoms with Crippen molar-refractivity contribution >= 4 is 11.7 Å². The average Bonchev–Trinajstić information content (AvgIpc) is 2.78. The third-order valence-electron chi connectivity index (χ3n) is 5.68. The minimum atomic E-state index is -0.280. The van der Waals surface area contributed by atoms with Crippen LogP contribution in [0.2, 0.25) is 0 Å². The van der Waals surface area contributed by atoms with E-state index in [1.807, 2.05) is 31.1 Å². The number of piperidine rings is 1. The van der Waals surface area contributed by atoms with Crippen molar-refractivity contribution in [2.45, 2.75) is 25.4 Å². The summed E-state index contributed by atoms with van der Waals surface area (Å²) in [6, 6.07) is 14.7. The van der Waals surface area contributed by atoms with E-state index in [0.29, 0.717) is 12.1 Å². The molecule has 3 rings (SSSR count). The lowest BCUT2D eigenvalue weighted by molar-refractivity contribution is 0.182. The Balaban J connectivity index is 1.56. The first-order chi connectivity index (χ1) is 15.0. The molecular weight excluding hydrogens is 395 g/mol. The minimum Gasteiger partial charge on any atom is -0.497 e. The summed E-state index contributed by atoms with van der Waals surface area (Å²) >= 11 is 0. The van der Waals surface area contributed by atoms with Gasteiger partial charge in [0.15, 0.2) is 0 Å². The highest BCUT2D eigenvalue weighted by atomic mass is 19.1. The molecule has 1 saturated heterocycles. The number of halogens is 1. The lowest BCUT2D eigenvalue weighted by atomic mass is 10.0. The number of carbonyl (C=O) groups is 1. The first-order valence-electron chi connectivity index (χ1n) is 10.8. The van der Waals surface area contributed by atoms with Gasteiger partial charge in [0, 0.05) is 43.5 Å². The van der Waals surface area contributed by atoms with Crippen LogP contribution < -0.4 is 15.0 Å². The van der Waals surface area contributed by atoms with Crippen LogP contribution in [-0.2, 0) is 6.54 Å². The number of hydrogen-bond donors (Lipinski definition) is 1. The number of methoxy groups -OCH3 is 1. The Kier molecular flexibility index (Phi) is 8.12. The maximum atomic E-state index is 14.1. The lowest BCUT2D eigenvalue weighted by Gasteiger charge is -2.35. The molecule has 0 bridgehead atoms. The molecule has 2 aromatic carbocycles. The van der Waals surface area contributed by atoms with E-state index >= 15 is 0 Å². The van der Waals surface area contributed by atoms with Gasteiger partial charge < -0.3 is 24.8 Å². The average molecular weight is 429 g/mol. The van der Waals surface area contributed by atoms with Crippen LogP contribution in [0.4, 0.5) is 14.9 Å². The van der Waals surface area contributed by atoms with E-state index in [2.05, 4.69) is 22.3 Å². The highest BCUT2D eigenvalue weighted by molar-refractivity contribution is 5.74. The third kappa shape index (κ3) is 6.59. The predicted octanol–water partition coefficient (Wildman–Crippen LogP) is 3.58. The van der Waals surface area contributed by atoms with Gasteiger partial charge in [-0.3, -0.25) is 0 Å². The number of benzene rings is 2. The van der Waals surface area contributed by atoms with Crippen molar-refractivity contribution in [2.75, 3.05) is 52.3 Å². The lowest BCUT2D eigenvalue weighted by Crippen LogP contribution is -2.50. The van der Waals surface area contributed by atoms with E-state index < -0.39 is 0 Å². The quantitative estimate of drug-likeness (QED) is 0.698. The van der Waals surface area contributed by atoms with Crippen LogP contribution >= 0.6 is 0 Å². The van der Waals surface area contributed by atoms with Crippen molar-refractivity contribution in [1.82, 2.24) is 15.1 Å². The van der Waals surface area contributed by atoms with E-state index in [1.54, 1.807) is 30.2 Å². The third-order valence-corrected chi connectivity index (χ3v) is 5.68. The second-order valence-corrected chi connectivity index (χ2v) is 8.23. The van der Waals surface area contributed by atoms with Crippen LogP contribution in [0.15, 0.2) is 48.5 Å². The maximum Gasteiger partial charge on any atom is 0.317 e. The van der Waals surface area contributed by atoms with Crippen LogP contribution in [0, 0.1) is 5.82 Å². The van der Waals surface area contributed by atoms with Crippen molar-refractivity contribution in [2.24, 2.45) is 0 Å². The smallest absolute Gasteiger partial charge is 0.317 e. The van der Waals surface area contributed by atoms with Gasteiger partial charge in [-0.15, -0.1) is 0 Å². The number of anilines is 1. The Hall–Kier alpha value is -2.80. The largest absolute Gasteiger partial charge is 0.497 e. The fourth-order valence-electron chi connectivity index (χ4n) is 3.75. The molecule has 0 radical (unpaired) electrons. The zero-order valence-electron chi connectivity index (χ0n) is 18.7. The van der Waals surface area contributed by atoms with Gasteiger partial charge in [-0.25, -0.2) is 9.18 Å². The number of hydrogen-bond acceptors (Lipinski definition) is 4. The molecule has 0 spiro atoms. The molecule has 0 unspecified atom stereocenters. The molecule has 0 aromatic heterocycles. The van der Waals surface area contributed by atoms with Gasteiger partial charge in [0.1, 0.15) is 11.6 Å². The molecule has 0 aliphatic carbocycles. The second kappa shape index (κ2) is 11.0. The van der Waals surface area contributed by atoms with Crippen molar-refractivity contribution < 1.29 is 13.9 Å². The second-order valence-electron chi connectivity index (χ2n) is 8.23.